The highest BCUT2D eigenvalue weighted by Gasteiger charge is 2.20. The maximum absolute atomic E-state index is 12.9. The molecule has 106 valence electrons. The van der Waals surface area contributed by atoms with Gasteiger partial charge in [0.1, 0.15) is 22.8 Å². The highest BCUT2D eigenvalue weighted by molar-refractivity contribution is 5.94. The van der Waals surface area contributed by atoms with Gasteiger partial charge in [-0.25, -0.2) is 13.9 Å². The maximum Gasteiger partial charge on any atom is 0.339 e. The van der Waals surface area contributed by atoms with Crippen LogP contribution in [0.25, 0.3) is 17.1 Å². The lowest BCUT2D eigenvalue weighted by Crippen LogP contribution is -1.96. The summed E-state index contributed by atoms with van der Waals surface area (Å²) in [5, 5.41) is 13.5. The van der Waals surface area contributed by atoms with Crippen molar-refractivity contribution in [3.8, 4) is 17.1 Å². The van der Waals surface area contributed by atoms with Crippen LogP contribution in [-0.2, 0) is 0 Å². The van der Waals surface area contributed by atoms with Gasteiger partial charge in [-0.2, -0.15) is 5.10 Å². The zero-order chi connectivity index (χ0) is 15.0. The number of hydrogen-bond acceptors (Lipinski definition) is 3. The topological polar surface area (TPSA) is 68.3 Å². The van der Waals surface area contributed by atoms with E-state index in [1.165, 1.54) is 35.1 Å². The second-order valence-electron chi connectivity index (χ2n) is 4.53. The summed E-state index contributed by atoms with van der Waals surface area (Å²) in [4.78, 5) is 11.3. The average Bonchev–Trinajstić information content (AvgIpc) is 3.05. The largest absolute Gasteiger partial charge is 0.478 e. The minimum atomic E-state index is -1.10. The Bertz CT molecular complexity index is 803. The van der Waals surface area contributed by atoms with Gasteiger partial charge in [-0.1, -0.05) is 0 Å². The fraction of sp³-hybridized carbons (Fsp3) is 0.0667. The van der Waals surface area contributed by atoms with E-state index >= 15 is 0 Å². The van der Waals surface area contributed by atoms with Gasteiger partial charge in [0.2, 0.25) is 0 Å². The molecule has 21 heavy (non-hydrogen) atoms. The van der Waals surface area contributed by atoms with Crippen LogP contribution in [-0.4, -0.2) is 20.9 Å². The number of carboxylic acids is 1. The third-order valence-electron chi connectivity index (χ3n) is 3.01. The van der Waals surface area contributed by atoms with Crippen molar-refractivity contribution in [3.63, 3.8) is 0 Å². The quantitative estimate of drug-likeness (QED) is 0.802. The minimum absolute atomic E-state index is 0.0219. The van der Waals surface area contributed by atoms with Gasteiger partial charge in [-0.3, -0.25) is 0 Å². The Balaban J connectivity index is 2.12. The molecule has 0 radical (unpaired) electrons. The second-order valence-corrected chi connectivity index (χ2v) is 4.53. The zero-order valence-electron chi connectivity index (χ0n) is 11.1. The third-order valence-corrected chi connectivity index (χ3v) is 3.01. The SMILES string of the molecule is Cc1ccc(-c2nn(-c3ccc(F)cc3)cc2C(=O)O)o1. The molecule has 0 aliphatic heterocycles. The van der Waals surface area contributed by atoms with E-state index in [1.54, 1.807) is 19.1 Å². The van der Waals surface area contributed by atoms with Gasteiger partial charge in [0.25, 0.3) is 0 Å². The van der Waals surface area contributed by atoms with E-state index in [0.717, 1.165) is 0 Å². The second kappa shape index (κ2) is 4.90. The Morgan fingerprint density at radius 2 is 1.95 bits per heavy atom. The lowest BCUT2D eigenvalue weighted by molar-refractivity contribution is 0.0697. The molecule has 3 rings (SSSR count). The zero-order valence-corrected chi connectivity index (χ0v) is 11.1. The van der Waals surface area contributed by atoms with Crippen LogP contribution in [0.3, 0.4) is 0 Å². The number of carbonyl (C=O) groups is 1. The van der Waals surface area contributed by atoms with Crippen molar-refractivity contribution >= 4 is 5.97 Å². The van der Waals surface area contributed by atoms with E-state index in [4.69, 9.17) is 4.42 Å². The van der Waals surface area contributed by atoms with Crippen molar-refractivity contribution in [1.29, 1.82) is 0 Å². The standard InChI is InChI=1S/C15H11FN2O3/c1-9-2-7-13(21-9)14-12(15(19)20)8-18(17-14)11-5-3-10(16)4-6-11/h2-8H,1H3,(H,19,20). The van der Waals surface area contributed by atoms with Gasteiger partial charge in [0, 0.05) is 6.20 Å². The summed E-state index contributed by atoms with van der Waals surface area (Å²) in [6.45, 7) is 1.76. The summed E-state index contributed by atoms with van der Waals surface area (Å²) in [6.07, 6.45) is 1.38. The molecule has 3 aromatic rings. The Morgan fingerprint density at radius 1 is 1.24 bits per heavy atom. The molecule has 2 aromatic heterocycles. The molecule has 0 fully saturated rings. The van der Waals surface area contributed by atoms with Crippen LogP contribution in [0.2, 0.25) is 0 Å². The number of aryl methyl sites for hydroxylation is 1. The molecule has 0 bridgehead atoms. The minimum Gasteiger partial charge on any atom is -0.478 e. The molecule has 5 nitrogen and oxygen atoms in total. The van der Waals surface area contributed by atoms with Crippen molar-refractivity contribution in [2.75, 3.05) is 0 Å². The van der Waals surface area contributed by atoms with Gasteiger partial charge in [-0.15, -0.1) is 0 Å². The predicted molar refractivity (Wildman–Crippen MR) is 72.9 cm³/mol. The van der Waals surface area contributed by atoms with E-state index in [9.17, 15) is 14.3 Å². The molecule has 0 unspecified atom stereocenters. The molecule has 1 N–H and O–H groups in total. The third kappa shape index (κ3) is 2.43. The molecule has 0 atom stereocenters. The van der Waals surface area contributed by atoms with Crippen LogP contribution in [0.5, 0.6) is 0 Å². The number of furan rings is 1. The first-order valence-electron chi connectivity index (χ1n) is 6.20. The first-order valence-corrected chi connectivity index (χ1v) is 6.20. The van der Waals surface area contributed by atoms with Crippen LogP contribution in [0.1, 0.15) is 16.1 Å². The Kier molecular flexibility index (Phi) is 3.06. The van der Waals surface area contributed by atoms with E-state index in [0.29, 0.717) is 17.2 Å². The van der Waals surface area contributed by atoms with Gasteiger partial charge in [0.05, 0.1) is 5.69 Å². The summed E-state index contributed by atoms with van der Waals surface area (Å²) < 4.78 is 19.8. The van der Waals surface area contributed by atoms with Crippen molar-refractivity contribution in [2.45, 2.75) is 6.92 Å². The monoisotopic (exact) mass is 286 g/mol. The van der Waals surface area contributed by atoms with Crippen molar-refractivity contribution in [3.05, 3.63) is 59.7 Å². The highest BCUT2D eigenvalue weighted by Crippen LogP contribution is 2.25. The van der Waals surface area contributed by atoms with Crippen LogP contribution < -0.4 is 0 Å². The molecular weight excluding hydrogens is 275 g/mol. The molecule has 2 heterocycles. The summed E-state index contributed by atoms with van der Waals surface area (Å²) >= 11 is 0. The van der Waals surface area contributed by atoms with Crippen LogP contribution in [0, 0.1) is 12.7 Å². The van der Waals surface area contributed by atoms with Gasteiger partial charge < -0.3 is 9.52 Å². The number of hydrogen-bond donors (Lipinski definition) is 1. The van der Waals surface area contributed by atoms with Crippen molar-refractivity contribution < 1.29 is 18.7 Å². The van der Waals surface area contributed by atoms with Gasteiger partial charge in [0.15, 0.2) is 5.76 Å². The number of aromatic nitrogens is 2. The fourth-order valence-corrected chi connectivity index (χ4v) is 2.00. The molecule has 0 saturated carbocycles. The van der Waals surface area contributed by atoms with Crippen LogP contribution in [0.4, 0.5) is 4.39 Å². The number of rotatable bonds is 3. The summed E-state index contributed by atoms with van der Waals surface area (Å²) in [6, 6.07) is 9.01. The number of nitrogens with zero attached hydrogens (tertiary/aromatic N) is 2. The molecule has 1 aromatic carbocycles. The van der Waals surface area contributed by atoms with Crippen molar-refractivity contribution in [1.82, 2.24) is 9.78 Å². The van der Waals surface area contributed by atoms with Crippen LogP contribution in [0.15, 0.2) is 47.0 Å². The summed E-state index contributed by atoms with van der Waals surface area (Å²) in [5.74, 6) is -0.429. The summed E-state index contributed by atoms with van der Waals surface area (Å²) in [5.41, 5.74) is 0.821. The molecule has 0 aliphatic rings. The van der Waals surface area contributed by atoms with E-state index in [2.05, 4.69) is 5.10 Å². The van der Waals surface area contributed by atoms with Crippen molar-refractivity contribution in [2.24, 2.45) is 0 Å². The number of halogens is 1. The lowest BCUT2D eigenvalue weighted by Gasteiger charge is -1.99. The molecule has 0 aliphatic carbocycles. The van der Waals surface area contributed by atoms with E-state index in [-0.39, 0.29) is 17.1 Å². The molecule has 0 amide bonds. The van der Waals surface area contributed by atoms with Gasteiger partial charge >= 0.3 is 5.97 Å². The Hall–Kier alpha value is -2.89. The smallest absolute Gasteiger partial charge is 0.339 e. The van der Waals surface area contributed by atoms with Crippen LogP contribution >= 0.6 is 0 Å². The molecule has 0 saturated heterocycles. The van der Waals surface area contributed by atoms with Gasteiger partial charge in [-0.05, 0) is 43.3 Å². The molecular formula is C15H11FN2O3. The first-order chi connectivity index (χ1) is 10.0. The van der Waals surface area contributed by atoms with E-state index in [1.807, 2.05) is 0 Å². The average molecular weight is 286 g/mol. The highest BCUT2D eigenvalue weighted by atomic mass is 19.1. The number of carboxylic acid groups (broad SMARTS) is 1. The normalized spacial score (nSPS) is 10.8. The molecule has 0 spiro atoms. The number of aromatic carboxylic acids is 1. The lowest BCUT2D eigenvalue weighted by atomic mass is 10.2. The molecule has 6 heteroatoms. The number of benzene rings is 1. The summed E-state index contributed by atoms with van der Waals surface area (Å²) in [7, 11) is 0. The van der Waals surface area contributed by atoms with E-state index < -0.39 is 5.97 Å². The Labute approximate surface area is 119 Å². The first kappa shape index (κ1) is 13.1. The maximum atomic E-state index is 12.9. The fourth-order valence-electron chi connectivity index (χ4n) is 2.00. The Morgan fingerprint density at radius 3 is 2.52 bits per heavy atom. The predicted octanol–water partition coefficient (Wildman–Crippen LogP) is 3.28.